The molecule has 1 aromatic heterocycles. The van der Waals surface area contributed by atoms with E-state index in [9.17, 15) is 14.7 Å². The molecule has 1 amide bonds. The van der Waals surface area contributed by atoms with Crippen molar-refractivity contribution in [3.63, 3.8) is 0 Å². The van der Waals surface area contributed by atoms with Gasteiger partial charge in [0, 0.05) is 5.56 Å². The molecule has 0 radical (unpaired) electrons. The Morgan fingerprint density at radius 2 is 1.69 bits per heavy atom. The fourth-order valence-corrected chi connectivity index (χ4v) is 5.07. The van der Waals surface area contributed by atoms with Crippen LogP contribution in [0.3, 0.4) is 0 Å². The molecule has 0 saturated carbocycles. The van der Waals surface area contributed by atoms with Gasteiger partial charge < -0.3 is 5.11 Å². The lowest BCUT2D eigenvalue weighted by molar-refractivity contribution is -0.132. The zero-order valence-electron chi connectivity index (χ0n) is 17.4. The first-order chi connectivity index (χ1) is 15.6. The number of nitrogens with zero attached hydrogens (tertiary/aromatic N) is 2. The molecule has 6 heteroatoms. The number of thiazole rings is 1. The summed E-state index contributed by atoms with van der Waals surface area (Å²) in [5.74, 6) is -1.59. The molecule has 1 atom stereocenters. The normalized spacial score (nSPS) is 17.9. The number of aliphatic hydroxyl groups excluding tert-OH is 1. The molecule has 0 aliphatic carbocycles. The molecule has 0 unspecified atom stereocenters. The van der Waals surface area contributed by atoms with E-state index in [4.69, 9.17) is 0 Å². The number of ketones is 1. The standard InChI is InChI=1S/C26H20N2O3S/c1-2-16-13-14-19-20(15-16)32-26(27-19)28-22(17-9-5-3-6-10-17)21(24(30)25(28)31)23(29)18-11-7-4-8-12-18/h3-15,22,29H,2H2,1H3/b23-21+/t22-/m1/s1. The Balaban J connectivity index is 1.71. The van der Waals surface area contributed by atoms with Crippen LogP contribution in [0.1, 0.15) is 29.7 Å². The molecule has 32 heavy (non-hydrogen) atoms. The smallest absolute Gasteiger partial charge is 0.301 e. The number of hydrogen-bond acceptors (Lipinski definition) is 5. The summed E-state index contributed by atoms with van der Waals surface area (Å²) in [5, 5.41) is 11.5. The fraction of sp³-hybridized carbons (Fsp3) is 0.115. The zero-order valence-corrected chi connectivity index (χ0v) is 18.2. The van der Waals surface area contributed by atoms with Crippen molar-refractivity contribution in [2.24, 2.45) is 0 Å². The first-order valence-corrected chi connectivity index (χ1v) is 11.2. The topological polar surface area (TPSA) is 70.5 Å². The summed E-state index contributed by atoms with van der Waals surface area (Å²) in [4.78, 5) is 32.5. The first kappa shape index (κ1) is 20.2. The molecular weight excluding hydrogens is 420 g/mol. The molecule has 1 fully saturated rings. The summed E-state index contributed by atoms with van der Waals surface area (Å²) in [6, 6.07) is 23.4. The Morgan fingerprint density at radius 1 is 1.00 bits per heavy atom. The van der Waals surface area contributed by atoms with Gasteiger partial charge in [-0.15, -0.1) is 0 Å². The van der Waals surface area contributed by atoms with Gasteiger partial charge in [-0.05, 0) is 29.7 Å². The molecule has 4 aromatic rings. The number of Topliss-reactive ketones (excluding diaryl/α,β-unsaturated/α-hetero) is 1. The molecule has 1 N–H and O–H groups in total. The van der Waals surface area contributed by atoms with Gasteiger partial charge in [-0.1, -0.05) is 85.0 Å². The minimum atomic E-state index is -0.761. The number of aryl methyl sites for hydroxylation is 1. The monoisotopic (exact) mass is 440 g/mol. The van der Waals surface area contributed by atoms with E-state index in [0.29, 0.717) is 10.7 Å². The van der Waals surface area contributed by atoms with Crippen molar-refractivity contribution >= 4 is 44.1 Å². The van der Waals surface area contributed by atoms with Gasteiger partial charge in [-0.25, -0.2) is 4.98 Å². The molecule has 0 bridgehead atoms. The number of carbonyl (C=O) groups excluding carboxylic acids is 2. The summed E-state index contributed by atoms with van der Waals surface area (Å²) in [6.07, 6.45) is 0.898. The van der Waals surface area contributed by atoms with E-state index in [0.717, 1.165) is 22.2 Å². The summed E-state index contributed by atoms with van der Waals surface area (Å²) in [7, 11) is 0. The van der Waals surface area contributed by atoms with Crippen LogP contribution in [0, 0.1) is 0 Å². The number of fused-ring (bicyclic) bond motifs is 1. The van der Waals surface area contributed by atoms with Gasteiger partial charge in [-0.2, -0.15) is 0 Å². The molecule has 3 aromatic carbocycles. The van der Waals surface area contributed by atoms with Crippen LogP contribution in [-0.4, -0.2) is 21.8 Å². The van der Waals surface area contributed by atoms with Gasteiger partial charge in [-0.3, -0.25) is 14.5 Å². The molecule has 0 spiro atoms. The molecular formula is C26H20N2O3S. The van der Waals surface area contributed by atoms with Crippen LogP contribution in [-0.2, 0) is 16.0 Å². The van der Waals surface area contributed by atoms with Gasteiger partial charge in [0.05, 0.1) is 21.8 Å². The van der Waals surface area contributed by atoms with Crippen molar-refractivity contribution < 1.29 is 14.7 Å². The van der Waals surface area contributed by atoms with Crippen molar-refractivity contribution in [2.75, 3.05) is 4.90 Å². The lowest BCUT2D eigenvalue weighted by Gasteiger charge is -2.22. The maximum absolute atomic E-state index is 13.2. The van der Waals surface area contributed by atoms with Crippen molar-refractivity contribution in [1.82, 2.24) is 4.98 Å². The second-order valence-corrected chi connectivity index (χ2v) is 8.61. The number of carbonyl (C=O) groups is 2. The summed E-state index contributed by atoms with van der Waals surface area (Å²) in [6.45, 7) is 2.08. The molecule has 158 valence electrons. The highest BCUT2D eigenvalue weighted by Gasteiger charge is 2.48. The fourth-order valence-electron chi connectivity index (χ4n) is 4.01. The quantitative estimate of drug-likeness (QED) is 0.259. The largest absolute Gasteiger partial charge is 0.507 e. The van der Waals surface area contributed by atoms with Crippen molar-refractivity contribution in [3.8, 4) is 0 Å². The molecule has 1 aliphatic rings. The number of aromatic nitrogens is 1. The van der Waals surface area contributed by atoms with E-state index >= 15 is 0 Å². The third kappa shape index (κ3) is 3.29. The number of rotatable bonds is 4. The van der Waals surface area contributed by atoms with Crippen LogP contribution in [0.2, 0.25) is 0 Å². The number of benzene rings is 3. The first-order valence-electron chi connectivity index (χ1n) is 10.4. The van der Waals surface area contributed by atoms with Crippen LogP contribution >= 0.6 is 11.3 Å². The Hall–Kier alpha value is -3.77. The number of hydrogen-bond donors (Lipinski definition) is 1. The predicted octanol–water partition coefficient (Wildman–Crippen LogP) is 5.49. The molecule has 5 nitrogen and oxygen atoms in total. The van der Waals surface area contributed by atoms with Crippen LogP contribution in [0.15, 0.2) is 84.4 Å². The van der Waals surface area contributed by atoms with E-state index in [1.807, 2.05) is 48.5 Å². The highest BCUT2D eigenvalue weighted by atomic mass is 32.1. The third-order valence-electron chi connectivity index (χ3n) is 5.66. The van der Waals surface area contributed by atoms with Gasteiger partial charge in [0.25, 0.3) is 5.78 Å². The van der Waals surface area contributed by atoms with Crippen LogP contribution < -0.4 is 4.90 Å². The molecule has 1 saturated heterocycles. The van der Waals surface area contributed by atoms with Crippen molar-refractivity contribution in [2.45, 2.75) is 19.4 Å². The summed E-state index contributed by atoms with van der Waals surface area (Å²) >= 11 is 1.38. The number of amides is 1. The second kappa shape index (κ2) is 8.05. The van der Waals surface area contributed by atoms with E-state index < -0.39 is 17.7 Å². The Kier molecular flexibility index (Phi) is 5.07. The lowest BCUT2D eigenvalue weighted by Crippen LogP contribution is -2.29. The van der Waals surface area contributed by atoms with Gasteiger partial charge in [0.15, 0.2) is 5.13 Å². The summed E-state index contributed by atoms with van der Waals surface area (Å²) < 4.78 is 0.955. The molecule has 2 heterocycles. The highest BCUT2D eigenvalue weighted by Crippen LogP contribution is 2.44. The van der Waals surface area contributed by atoms with E-state index in [2.05, 4.69) is 18.0 Å². The molecule has 1 aliphatic heterocycles. The maximum Gasteiger partial charge on any atom is 0.301 e. The SMILES string of the molecule is CCc1ccc2nc(N3C(=O)C(=O)/C(=C(/O)c4ccccc4)[C@H]3c3ccccc3)sc2c1. The van der Waals surface area contributed by atoms with E-state index in [-0.39, 0.29) is 11.3 Å². The number of aliphatic hydroxyl groups is 1. The van der Waals surface area contributed by atoms with Gasteiger partial charge in [0.1, 0.15) is 5.76 Å². The Bertz CT molecular complexity index is 1360. The number of anilines is 1. The van der Waals surface area contributed by atoms with Crippen LogP contribution in [0.25, 0.3) is 16.0 Å². The van der Waals surface area contributed by atoms with Crippen molar-refractivity contribution in [1.29, 1.82) is 0 Å². The maximum atomic E-state index is 13.2. The third-order valence-corrected chi connectivity index (χ3v) is 6.68. The summed E-state index contributed by atoms with van der Waals surface area (Å²) in [5.41, 5.74) is 3.25. The molecule has 5 rings (SSSR count). The second-order valence-electron chi connectivity index (χ2n) is 7.60. The minimum absolute atomic E-state index is 0.0703. The average Bonchev–Trinajstić information content (AvgIpc) is 3.37. The average molecular weight is 441 g/mol. The van der Waals surface area contributed by atoms with Crippen LogP contribution in [0.4, 0.5) is 5.13 Å². The lowest BCUT2D eigenvalue weighted by atomic mass is 9.95. The zero-order chi connectivity index (χ0) is 22.2. The Labute approximate surface area is 189 Å². The Morgan fingerprint density at radius 3 is 2.38 bits per heavy atom. The minimum Gasteiger partial charge on any atom is -0.507 e. The van der Waals surface area contributed by atoms with Crippen LogP contribution in [0.5, 0.6) is 0 Å². The van der Waals surface area contributed by atoms with Crippen molar-refractivity contribution in [3.05, 3.63) is 101 Å². The predicted molar refractivity (Wildman–Crippen MR) is 127 cm³/mol. The van der Waals surface area contributed by atoms with Gasteiger partial charge in [0.2, 0.25) is 0 Å². The van der Waals surface area contributed by atoms with Gasteiger partial charge >= 0.3 is 5.91 Å². The van der Waals surface area contributed by atoms with E-state index in [1.54, 1.807) is 24.3 Å². The van der Waals surface area contributed by atoms with E-state index in [1.165, 1.54) is 21.8 Å². The highest BCUT2D eigenvalue weighted by molar-refractivity contribution is 7.22.